The van der Waals surface area contributed by atoms with Gasteiger partial charge in [-0.15, -0.1) is 0 Å². The first-order valence-corrected chi connectivity index (χ1v) is 12.2. The summed E-state index contributed by atoms with van der Waals surface area (Å²) in [7, 11) is -7.45. The van der Waals surface area contributed by atoms with Crippen LogP contribution in [0.5, 0.6) is 0 Å². The first-order valence-electron chi connectivity index (χ1n) is 8.56. The Morgan fingerprint density at radius 3 is 1.61 bits per heavy atom. The van der Waals surface area contributed by atoms with Crippen molar-refractivity contribution in [3.63, 3.8) is 0 Å². The molecule has 0 aromatic heterocycles. The molecule has 0 spiro atoms. The maximum Gasteiger partial charge on any atom is 0.243 e. The summed E-state index contributed by atoms with van der Waals surface area (Å²) in [4.78, 5) is 0.253. The van der Waals surface area contributed by atoms with E-state index in [1.807, 2.05) is 13.8 Å². The SMILES string of the molecule is Cc1ccc(S(=O)(=O)N2CCN(S(=O)(=O)c3ccc(Cl)c(Cl)c3)CC2)cc1C. The molecule has 1 fully saturated rings. The Kier molecular flexibility index (Phi) is 6.10. The fourth-order valence-corrected chi connectivity index (χ4v) is 6.28. The number of aryl methyl sites for hydroxylation is 2. The first kappa shape index (κ1) is 21.5. The van der Waals surface area contributed by atoms with Crippen LogP contribution < -0.4 is 0 Å². The molecule has 0 N–H and O–H groups in total. The first-order chi connectivity index (χ1) is 13.0. The highest BCUT2D eigenvalue weighted by Crippen LogP contribution is 2.28. The lowest BCUT2D eigenvalue weighted by atomic mass is 10.1. The molecule has 1 saturated heterocycles. The van der Waals surface area contributed by atoms with Gasteiger partial charge in [0.15, 0.2) is 0 Å². The highest BCUT2D eigenvalue weighted by molar-refractivity contribution is 7.89. The average molecular weight is 463 g/mol. The number of rotatable bonds is 4. The maximum absolute atomic E-state index is 12.9. The Morgan fingerprint density at radius 2 is 1.14 bits per heavy atom. The molecule has 10 heteroatoms. The van der Waals surface area contributed by atoms with Crippen LogP contribution in [0.25, 0.3) is 0 Å². The van der Waals surface area contributed by atoms with Crippen LogP contribution in [0, 0.1) is 13.8 Å². The van der Waals surface area contributed by atoms with E-state index in [-0.39, 0.29) is 46.0 Å². The Morgan fingerprint density at radius 1 is 0.679 bits per heavy atom. The molecule has 3 rings (SSSR count). The largest absolute Gasteiger partial charge is 0.243 e. The van der Waals surface area contributed by atoms with Gasteiger partial charge in [-0.25, -0.2) is 16.8 Å². The molecule has 1 aliphatic rings. The van der Waals surface area contributed by atoms with E-state index in [9.17, 15) is 16.8 Å². The Balaban J connectivity index is 1.78. The predicted octanol–water partition coefficient (Wildman–Crippen LogP) is 3.31. The molecule has 28 heavy (non-hydrogen) atoms. The van der Waals surface area contributed by atoms with E-state index in [0.717, 1.165) is 11.1 Å². The highest BCUT2D eigenvalue weighted by atomic mass is 35.5. The smallest absolute Gasteiger partial charge is 0.207 e. The molecule has 0 aliphatic carbocycles. The number of sulfonamides is 2. The Hall–Kier alpha value is -1.16. The summed E-state index contributed by atoms with van der Waals surface area (Å²) in [5.41, 5.74) is 1.90. The fraction of sp³-hybridized carbons (Fsp3) is 0.333. The number of hydrogen-bond acceptors (Lipinski definition) is 4. The van der Waals surface area contributed by atoms with E-state index in [2.05, 4.69) is 0 Å². The molecule has 152 valence electrons. The monoisotopic (exact) mass is 462 g/mol. The number of hydrogen-bond donors (Lipinski definition) is 0. The molecule has 0 bridgehead atoms. The van der Waals surface area contributed by atoms with Gasteiger partial charge in [0.25, 0.3) is 0 Å². The van der Waals surface area contributed by atoms with Gasteiger partial charge in [-0.3, -0.25) is 0 Å². The zero-order valence-corrected chi connectivity index (χ0v) is 18.5. The Bertz CT molecular complexity index is 1020. The van der Waals surface area contributed by atoms with Crippen molar-refractivity contribution in [1.29, 1.82) is 0 Å². The van der Waals surface area contributed by atoms with E-state index in [4.69, 9.17) is 23.2 Å². The summed E-state index contributed by atoms with van der Waals surface area (Å²) >= 11 is 11.8. The normalized spacial score (nSPS) is 17.0. The van der Waals surface area contributed by atoms with Crippen molar-refractivity contribution in [1.82, 2.24) is 8.61 Å². The highest BCUT2D eigenvalue weighted by Gasteiger charge is 2.34. The molecule has 0 unspecified atom stereocenters. The summed E-state index contributed by atoms with van der Waals surface area (Å²) in [5.74, 6) is 0. The molecule has 0 atom stereocenters. The lowest BCUT2D eigenvalue weighted by Crippen LogP contribution is -2.50. The van der Waals surface area contributed by atoms with Crippen LogP contribution in [0.1, 0.15) is 11.1 Å². The second-order valence-corrected chi connectivity index (χ2v) is 11.3. The molecule has 0 saturated carbocycles. The third-order valence-corrected chi connectivity index (χ3v) is 9.37. The zero-order valence-electron chi connectivity index (χ0n) is 15.4. The van der Waals surface area contributed by atoms with Crippen molar-refractivity contribution < 1.29 is 16.8 Å². The molecule has 0 radical (unpaired) electrons. The van der Waals surface area contributed by atoms with Crippen molar-refractivity contribution in [2.75, 3.05) is 26.2 Å². The Labute approximate surface area is 175 Å². The minimum absolute atomic E-state index is 0.0346. The molecular weight excluding hydrogens is 443 g/mol. The molecular formula is C18H20Cl2N2O4S2. The van der Waals surface area contributed by atoms with E-state index >= 15 is 0 Å². The van der Waals surface area contributed by atoms with Gasteiger partial charge in [0.05, 0.1) is 19.8 Å². The van der Waals surface area contributed by atoms with Crippen LogP contribution in [-0.4, -0.2) is 51.6 Å². The van der Waals surface area contributed by atoms with E-state index in [1.54, 1.807) is 18.2 Å². The zero-order chi connectivity index (χ0) is 20.7. The molecule has 0 amide bonds. The van der Waals surface area contributed by atoms with Crippen molar-refractivity contribution in [2.24, 2.45) is 0 Å². The van der Waals surface area contributed by atoms with Gasteiger partial charge in [-0.1, -0.05) is 29.3 Å². The van der Waals surface area contributed by atoms with Crippen LogP contribution in [0.3, 0.4) is 0 Å². The number of halogens is 2. The maximum atomic E-state index is 12.9. The predicted molar refractivity (Wildman–Crippen MR) is 110 cm³/mol. The van der Waals surface area contributed by atoms with Gasteiger partial charge in [0.2, 0.25) is 20.0 Å². The van der Waals surface area contributed by atoms with Gasteiger partial charge in [-0.05, 0) is 55.3 Å². The molecule has 2 aromatic rings. The van der Waals surface area contributed by atoms with E-state index in [0.29, 0.717) is 0 Å². The van der Waals surface area contributed by atoms with Crippen molar-refractivity contribution in [3.05, 3.63) is 57.6 Å². The van der Waals surface area contributed by atoms with E-state index < -0.39 is 20.0 Å². The number of nitrogens with zero attached hydrogens (tertiary/aromatic N) is 2. The molecule has 2 aromatic carbocycles. The standard InChI is InChI=1S/C18H20Cl2N2O4S2/c1-13-3-4-15(11-14(13)2)27(23,24)21-7-9-22(10-8-21)28(25,26)16-5-6-17(19)18(20)12-16/h3-6,11-12H,7-10H2,1-2H3. The lowest BCUT2D eigenvalue weighted by molar-refractivity contribution is 0.273. The molecule has 1 aliphatic heterocycles. The van der Waals surface area contributed by atoms with Gasteiger partial charge < -0.3 is 0 Å². The third-order valence-electron chi connectivity index (χ3n) is 4.84. The minimum Gasteiger partial charge on any atom is -0.207 e. The van der Waals surface area contributed by atoms with Gasteiger partial charge in [0.1, 0.15) is 0 Å². The van der Waals surface area contributed by atoms with Gasteiger partial charge >= 0.3 is 0 Å². The summed E-state index contributed by atoms with van der Waals surface area (Å²) in [5, 5.41) is 0.420. The van der Waals surface area contributed by atoms with Crippen LogP contribution in [0.4, 0.5) is 0 Å². The lowest BCUT2D eigenvalue weighted by Gasteiger charge is -2.33. The van der Waals surface area contributed by atoms with Crippen LogP contribution in [0.2, 0.25) is 10.0 Å². The molecule has 1 heterocycles. The quantitative estimate of drug-likeness (QED) is 0.698. The van der Waals surface area contributed by atoms with Gasteiger partial charge in [0, 0.05) is 26.2 Å². The minimum atomic E-state index is -3.78. The van der Waals surface area contributed by atoms with Crippen molar-refractivity contribution in [3.8, 4) is 0 Å². The number of benzene rings is 2. The van der Waals surface area contributed by atoms with Gasteiger partial charge in [-0.2, -0.15) is 8.61 Å². The number of piperazine rings is 1. The summed E-state index contributed by atoms with van der Waals surface area (Å²) in [6, 6.07) is 9.11. The topological polar surface area (TPSA) is 74.8 Å². The second kappa shape index (κ2) is 7.93. The van der Waals surface area contributed by atoms with Crippen LogP contribution >= 0.6 is 23.2 Å². The second-order valence-electron chi connectivity index (χ2n) is 6.63. The summed E-state index contributed by atoms with van der Waals surface area (Å²) in [6.07, 6.45) is 0. The van der Waals surface area contributed by atoms with Crippen molar-refractivity contribution >= 4 is 43.2 Å². The molecule has 6 nitrogen and oxygen atoms in total. The van der Waals surface area contributed by atoms with Crippen LogP contribution in [0.15, 0.2) is 46.2 Å². The average Bonchev–Trinajstić information content (AvgIpc) is 2.66. The van der Waals surface area contributed by atoms with Crippen molar-refractivity contribution in [2.45, 2.75) is 23.6 Å². The summed E-state index contributed by atoms with van der Waals surface area (Å²) in [6.45, 7) is 4.05. The fourth-order valence-electron chi connectivity index (χ4n) is 2.96. The third kappa shape index (κ3) is 4.08. The van der Waals surface area contributed by atoms with Crippen LogP contribution in [-0.2, 0) is 20.0 Å². The summed E-state index contributed by atoms with van der Waals surface area (Å²) < 4.78 is 54.0. The van der Waals surface area contributed by atoms with E-state index in [1.165, 1.54) is 26.8 Å².